The summed E-state index contributed by atoms with van der Waals surface area (Å²) in [6, 6.07) is 8.60. The molecular formula is C16H19F3N4OS. The standard InChI is InChI=1S/C16H19F3N4OS/c1-2-6-13-20-15(22-21-13)25-10-14(24)23(11-16(17,18)19)9-12-7-4-3-5-8-12/h3-5,7-8H,2,6,9-11H2,1H3,(H,20,21,22). The highest BCUT2D eigenvalue weighted by Gasteiger charge is 2.33. The summed E-state index contributed by atoms with van der Waals surface area (Å²) >= 11 is 1.03. The lowest BCUT2D eigenvalue weighted by Crippen LogP contribution is -2.39. The summed E-state index contributed by atoms with van der Waals surface area (Å²) in [6.45, 7) is 0.628. The summed E-state index contributed by atoms with van der Waals surface area (Å²) in [5.41, 5.74) is 0.647. The molecule has 0 saturated heterocycles. The lowest BCUT2D eigenvalue weighted by molar-refractivity contribution is -0.160. The van der Waals surface area contributed by atoms with Crippen molar-refractivity contribution >= 4 is 17.7 Å². The minimum atomic E-state index is -4.45. The molecule has 0 spiro atoms. The van der Waals surface area contributed by atoms with Crippen LogP contribution in [-0.4, -0.2) is 44.5 Å². The van der Waals surface area contributed by atoms with Gasteiger partial charge in [-0.05, 0) is 12.0 Å². The fourth-order valence-electron chi connectivity index (χ4n) is 2.16. The largest absolute Gasteiger partial charge is 0.406 e. The Balaban J connectivity index is 1.98. The van der Waals surface area contributed by atoms with Crippen LogP contribution in [0.5, 0.6) is 0 Å². The zero-order valence-electron chi connectivity index (χ0n) is 13.7. The van der Waals surface area contributed by atoms with Crippen LogP contribution in [0.3, 0.4) is 0 Å². The van der Waals surface area contributed by atoms with Crippen LogP contribution in [0.4, 0.5) is 13.2 Å². The van der Waals surface area contributed by atoms with E-state index in [1.807, 2.05) is 6.92 Å². The fraction of sp³-hybridized carbons (Fsp3) is 0.438. The number of carbonyl (C=O) groups is 1. The number of hydrogen-bond acceptors (Lipinski definition) is 4. The third-order valence-electron chi connectivity index (χ3n) is 3.26. The monoisotopic (exact) mass is 372 g/mol. The maximum Gasteiger partial charge on any atom is 0.406 e. The minimum absolute atomic E-state index is 0.0885. The molecule has 0 unspecified atom stereocenters. The predicted octanol–water partition coefficient (Wildman–Crippen LogP) is 3.44. The average Bonchev–Trinajstić information content (AvgIpc) is 3.00. The summed E-state index contributed by atoms with van der Waals surface area (Å²) < 4.78 is 38.4. The van der Waals surface area contributed by atoms with E-state index in [-0.39, 0.29) is 12.3 Å². The molecule has 0 aliphatic heterocycles. The number of rotatable bonds is 8. The Morgan fingerprint density at radius 2 is 2.00 bits per heavy atom. The van der Waals surface area contributed by atoms with Crippen LogP contribution in [0.2, 0.25) is 0 Å². The molecule has 1 N–H and O–H groups in total. The molecule has 0 aliphatic rings. The second kappa shape index (κ2) is 8.89. The van der Waals surface area contributed by atoms with Crippen LogP contribution in [0.15, 0.2) is 35.5 Å². The van der Waals surface area contributed by atoms with Crippen molar-refractivity contribution in [1.29, 1.82) is 0 Å². The minimum Gasteiger partial charge on any atom is -0.329 e. The Kier molecular flexibility index (Phi) is 6.86. The average molecular weight is 372 g/mol. The van der Waals surface area contributed by atoms with Crippen molar-refractivity contribution < 1.29 is 18.0 Å². The van der Waals surface area contributed by atoms with Crippen LogP contribution in [0.1, 0.15) is 24.7 Å². The van der Waals surface area contributed by atoms with Crippen molar-refractivity contribution in [3.8, 4) is 0 Å². The predicted molar refractivity (Wildman–Crippen MR) is 89.0 cm³/mol. The van der Waals surface area contributed by atoms with E-state index in [9.17, 15) is 18.0 Å². The first-order chi connectivity index (χ1) is 11.9. The number of aromatic nitrogens is 3. The number of thioether (sulfide) groups is 1. The maximum atomic E-state index is 12.8. The van der Waals surface area contributed by atoms with Gasteiger partial charge >= 0.3 is 6.18 Å². The molecule has 0 bridgehead atoms. The molecule has 1 aromatic carbocycles. The smallest absolute Gasteiger partial charge is 0.329 e. The second-order valence-corrected chi connectivity index (χ2v) is 6.40. The van der Waals surface area contributed by atoms with Crippen LogP contribution < -0.4 is 0 Å². The Hall–Kier alpha value is -2.03. The van der Waals surface area contributed by atoms with E-state index >= 15 is 0 Å². The third-order valence-corrected chi connectivity index (χ3v) is 4.09. The number of alkyl halides is 3. The first-order valence-electron chi connectivity index (χ1n) is 7.80. The lowest BCUT2D eigenvalue weighted by Gasteiger charge is -2.23. The van der Waals surface area contributed by atoms with Gasteiger partial charge in [0.1, 0.15) is 12.4 Å². The number of amides is 1. The molecule has 0 fully saturated rings. The van der Waals surface area contributed by atoms with E-state index in [1.54, 1.807) is 30.3 Å². The quantitative estimate of drug-likeness (QED) is 0.721. The van der Waals surface area contributed by atoms with E-state index in [0.717, 1.165) is 29.5 Å². The highest BCUT2D eigenvalue weighted by Crippen LogP contribution is 2.20. The zero-order chi connectivity index (χ0) is 18.3. The third kappa shape index (κ3) is 6.77. The second-order valence-electron chi connectivity index (χ2n) is 5.45. The van der Waals surface area contributed by atoms with Gasteiger partial charge in [-0.2, -0.15) is 13.2 Å². The Labute approximate surface area is 148 Å². The normalized spacial score (nSPS) is 11.5. The number of aryl methyl sites for hydroxylation is 1. The molecule has 0 radical (unpaired) electrons. The Bertz CT molecular complexity index is 676. The van der Waals surface area contributed by atoms with Gasteiger partial charge in [0.05, 0.1) is 5.75 Å². The molecule has 1 heterocycles. The first kappa shape index (κ1) is 19.3. The molecule has 0 atom stereocenters. The highest BCUT2D eigenvalue weighted by molar-refractivity contribution is 7.99. The maximum absolute atomic E-state index is 12.8. The van der Waals surface area contributed by atoms with Gasteiger partial charge in [-0.1, -0.05) is 49.0 Å². The van der Waals surface area contributed by atoms with Gasteiger partial charge in [0.2, 0.25) is 11.1 Å². The molecule has 2 aromatic rings. The summed E-state index contributed by atoms with van der Waals surface area (Å²) in [5.74, 6) is -0.0475. The van der Waals surface area contributed by atoms with Crippen LogP contribution >= 0.6 is 11.8 Å². The number of benzene rings is 1. The molecule has 9 heteroatoms. The van der Waals surface area contributed by atoms with E-state index in [4.69, 9.17) is 0 Å². The molecule has 0 aliphatic carbocycles. The van der Waals surface area contributed by atoms with Gasteiger partial charge in [0, 0.05) is 13.0 Å². The molecule has 136 valence electrons. The van der Waals surface area contributed by atoms with Crippen molar-refractivity contribution in [2.75, 3.05) is 12.3 Å². The molecule has 2 rings (SSSR count). The molecule has 25 heavy (non-hydrogen) atoms. The topological polar surface area (TPSA) is 61.9 Å². The first-order valence-corrected chi connectivity index (χ1v) is 8.78. The van der Waals surface area contributed by atoms with Crippen LogP contribution in [0, 0.1) is 0 Å². The molecular weight excluding hydrogens is 353 g/mol. The number of halogens is 3. The fourth-order valence-corrected chi connectivity index (χ4v) is 2.88. The number of hydrogen-bond donors (Lipinski definition) is 1. The van der Waals surface area contributed by atoms with E-state index in [1.165, 1.54) is 0 Å². The zero-order valence-corrected chi connectivity index (χ0v) is 14.5. The Morgan fingerprint density at radius 1 is 1.28 bits per heavy atom. The van der Waals surface area contributed by atoms with Gasteiger partial charge in [-0.3, -0.25) is 9.89 Å². The van der Waals surface area contributed by atoms with Crippen molar-refractivity contribution in [2.45, 2.75) is 37.6 Å². The van der Waals surface area contributed by atoms with Gasteiger partial charge < -0.3 is 4.90 Å². The van der Waals surface area contributed by atoms with Gasteiger partial charge in [-0.25, -0.2) is 4.98 Å². The van der Waals surface area contributed by atoms with Crippen molar-refractivity contribution in [2.24, 2.45) is 0 Å². The van der Waals surface area contributed by atoms with Crippen LogP contribution in [0.25, 0.3) is 0 Å². The molecule has 1 aromatic heterocycles. The lowest BCUT2D eigenvalue weighted by atomic mass is 10.2. The highest BCUT2D eigenvalue weighted by atomic mass is 32.2. The van der Waals surface area contributed by atoms with Crippen molar-refractivity contribution in [1.82, 2.24) is 20.1 Å². The van der Waals surface area contributed by atoms with Crippen LogP contribution in [-0.2, 0) is 17.8 Å². The molecule has 1 amide bonds. The Morgan fingerprint density at radius 3 is 2.64 bits per heavy atom. The number of carbonyl (C=O) groups excluding carboxylic acids is 1. The van der Waals surface area contributed by atoms with Gasteiger partial charge in [0.15, 0.2) is 0 Å². The number of nitrogens with zero attached hydrogens (tertiary/aromatic N) is 3. The van der Waals surface area contributed by atoms with Gasteiger partial charge in [0.25, 0.3) is 0 Å². The summed E-state index contributed by atoms with van der Waals surface area (Å²) in [5, 5.41) is 7.07. The summed E-state index contributed by atoms with van der Waals surface area (Å²) in [6.07, 6.45) is -2.82. The number of H-pyrrole nitrogens is 1. The van der Waals surface area contributed by atoms with Crippen molar-refractivity contribution in [3.63, 3.8) is 0 Å². The number of nitrogens with one attached hydrogen (secondary N) is 1. The SMILES string of the molecule is CCCc1nc(SCC(=O)N(Cc2ccccc2)CC(F)(F)F)n[nH]1. The molecule has 0 saturated carbocycles. The van der Waals surface area contributed by atoms with Gasteiger partial charge in [-0.15, -0.1) is 5.10 Å². The summed E-state index contributed by atoms with van der Waals surface area (Å²) in [7, 11) is 0. The molecule has 5 nitrogen and oxygen atoms in total. The summed E-state index contributed by atoms with van der Waals surface area (Å²) in [4.78, 5) is 17.3. The van der Waals surface area contributed by atoms with E-state index < -0.39 is 18.6 Å². The van der Waals surface area contributed by atoms with E-state index in [2.05, 4.69) is 15.2 Å². The van der Waals surface area contributed by atoms with Crippen molar-refractivity contribution in [3.05, 3.63) is 41.7 Å². The van der Waals surface area contributed by atoms with E-state index in [0.29, 0.717) is 16.5 Å². The number of aromatic amines is 1.